The van der Waals surface area contributed by atoms with Gasteiger partial charge < -0.3 is 4.74 Å². The number of Topliss-reactive ketones (excluding diaryl/α,β-unsaturated/α-hetero) is 1. The van der Waals surface area contributed by atoms with Crippen molar-refractivity contribution < 1.29 is 9.53 Å². The molecule has 76 valence electrons. The van der Waals surface area contributed by atoms with E-state index in [1.165, 1.54) is 0 Å². The summed E-state index contributed by atoms with van der Waals surface area (Å²) in [6.45, 7) is 3.52. The van der Waals surface area contributed by atoms with Crippen LogP contribution in [0, 0.1) is 6.92 Å². The molecule has 0 amide bonds. The van der Waals surface area contributed by atoms with Crippen molar-refractivity contribution in [3.63, 3.8) is 0 Å². The molecule has 0 aromatic heterocycles. The summed E-state index contributed by atoms with van der Waals surface area (Å²) in [6, 6.07) is 5.38. The Hall–Kier alpha value is -1.02. The molecule has 0 N–H and O–H groups in total. The Kier molecular flexibility index (Phi) is 3.53. The van der Waals surface area contributed by atoms with E-state index >= 15 is 0 Å². The Morgan fingerprint density at radius 2 is 2.14 bits per heavy atom. The average molecular weight is 213 g/mol. The highest BCUT2D eigenvalue weighted by molar-refractivity contribution is 6.33. The molecule has 0 fully saturated rings. The summed E-state index contributed by atoms with van der Waals surface area (Å²) in [7, 11) is 1.58. The number of ketones is 1. The van der Waals surface area contributed by atoms with Crippen molar-refractivity contribution in [2.45, 2.75) is 19.2 Å². The highest BCUT2D eigenvalue weighted by Gasteiger charge is 2.16. The average Bonchev–Trinajstić information content (AvgIpc) is 2.17. The van der Waals surface area contributed by atoms with Crippen LogP contribution in [0.15, 0.2) is 18.2 Å². The molecule has 0 radical (unpaired) electrons. The van der Waals surface area contributed by atoms with Crippen molar-refractivity contribution in [3.05, 3.63) is 29.3 Å². The minimum atomic E-state index is -0.499. The second-order valence-electron chi connectivity index (χ2n) is 3.11. The third-order valence-electron chi connectivity index (χ3n) is 2.13. The molecule has 14 heavy (non-hydrogen) atoms. The third-order valence-corrected chi connectivity index (χ3v) is 2.33. The van der Waals surface area contributed by atoms with Crippen LogP contribution in [0.1, 0.15) is 22.8 Å². The molecule has 0 bridgehead atoms. The highest BCUT2D eigenvalue weighted by Crippen LogP contribution is 2.22. The molecule has 0 aliphatic rings. The molecule has 1 rings (SSSR count). The van der Waals surface area contributed by atoms with Crippen LogP contribution in [0.25, 0.3) is 0 Å². The molecule has 0 saturated heterocycles. The van der Waals surface area contributed by atoms with Crippen LogP contribution in [0.3, 0.4) is 0 Å². The lowest BCUT2D eigenvalue weighted by atomic mass is 10.0. The summed E-state index contributed by atoms with van der Waals surface area (Å²) in [6.07, 6.45) is 0. The van der Waals surface area contributed by atoms with Crippen LogP contribution in [0.4, 0.5) is 0 Å². The van der Waals surface area contributed by atoms with Crippen LogP contribution >= 0.6 is 11.6 Å². The number of rotatable bonds is 3. The van der Waals surface area contributed by atoms with Gasteiger partial charge in [0, 0.05) is 11.1 Å². The molecule has 0 aliphatic carbocycles. The van der Waals surface area contributed by atoms with Gasteiger partial charge in [-0.3, -0.25) is 4.79 Å². The Balaban J connectivity index is 3.16. The van der Waals surface area contributed by atoms with E-state index in [-0.39, 0.29) is 5.78 Å². The van der Waals surface area contributed by atoms with E-state index in [2.05, 4.69) is 0 Å². The molecule has 1 aromatic rings. The van der Waals surface area contributed by atoms with Crippen molar-refractivity contribution in [2.75, 3.05) is 7.11 Å². The summed E-state index contributed by atoms with van der Waals surface area (Å²) in [5.74, 6) is 0.649. The summed E-state index contributed by atoms with van der Waals surface area (Å²) in [5, 5.41) is -0.499. The molecular formula is C11H13ClO2. The second kappa shape index (κ2) is 4.47. The number of hydrogen-bond donors (Lipinski definition) is 0. The van der Waals surface area contributed by atoms with Crippen LogP contribution in [-0.2, 0) is 0 Å². The lowest BCUT2D eigenvalue weighted by Crippen LogP contribution is -2.12. The molecular weight excluding hydrogens is 200 g/mol. The highest BCUT2D eigenvalue weighted by atomic mass is 35.5. The number of halogens is 1. The second-order valence-corrected chi connectivity index (χ2v) is 3.77. The van der Waals surface area contributed by atoms with Gasteiger partial charge in [0.25, 0.3) is 0 Å². The summed E-state index contributed by atoms with van der Waals surface area (Å²) >= 11 is 5.74. The number of alkyl halides is 1. The van der Waals surface area contributed by atoms with E-state index in [9.17, 15) is 4.79 Å². The molecule has 2 nitrogen and oxygen atoms in total. The number of methoxy groups -OCH3 is 1. The first kappa shape index (κ1) is 11.1. The molecule has 0 aliphatic heterocycles. The smallest absolute Gasteiger partial charge is 0.180 e. The Labute approximate surface area is 88.8 Å². The number of carbonyl (C=O) groups is 1. The van der Waals surface area contributed by atoms with Gasteiger partial charge in [0.05, 0.1) is 12.5 Å². The fourth-order valence-electron chi connectivity index (χ4n) is 1.32. The normalized spacial score (nSPS) is 12.3. The Bertz CT molecular complexity index is 345. The fraction of sp³-hybridized carbons (Fsp3) is 0.364. The van der Waals surface area contributed by atoms with Crippen molar-refractivity contribution in [3.8, 4) is 5.75 Å². The SMILES string of the molecule is COc1cccc(C(=O)C(C)Cl)c1C. The maximum atomic E-state index is 11.6. The number of hydrogen-bond acceptors (Lipinski definition) is 2. The first-order chi connectivity index (χ1) is 6.57. The minimum absolute atomic E-state index is 0.0666. The van der Waals surface area contributed by atoms with Crippen LogP contribution in [-0.4, -0.2) is 18.3 Å². The van der Waals surface area contributed by atoms with Gasteiger partial charge in [0.15, 0.2) is 5.78 Å². The molecule has 3 heteroatoms. The Morgan fingerprint density at radius 3 is 2.64 bits per heavy atom. The van der Waals surface area contributed by atoms with Crippen molar-refractivity contribution >= 4 is 17.4 Å². The van der Waals surface area contributed by atoms with E-state index in [1.807, 2.05) is 13.0 Å². The van der Waals surface area contributed by atoms with Gasteiger partial charge in [-0.15, -0.1) is 11.6 Å². The van der Waals surface area contributed by atoms with E-state index < -0.39 is 5.38 Å². The van der Waals surface area contributed by atoms with Gasteiger partial charge >= 0.3 is 0 Å². The molecule has 1 unspecified atom stereocenters. The maximum absolute atomic E-state index is 11.6. The molecule has 1 aromatic carbocycles. The minimum Gasteiger partial charge on any atom is -0.496 e. The van der Waals surface area contributed by atoms with Crippen molar-refractivity contribution in [1.82, 2.24) is 0 Å². The van der Waals surface area contributed by atoms with E-state index in [0.717, 1.165) is 5.56 Å². The van der Waals surface area contributed by atoms with E-state index in [4.69, 9.17) is 16.3 Å². The van der Waals surface area contributed by atoms with Gasteiger partial charge in [-0.05, 0) is 19.9 Å². The molecule has 0 heterocycles. The zero-order valence-corrected chi connectivity index (χ0v) is 9.26. The van der Waals surface area contributed by atoms with Gasteiger partial charge in [-0.25, -0.2) is 0 Å². The van der Waals surface area contributed by atoms with E-state index in [1.54, 1.807) is 26.2 Å². The van der Waals surface area contributed by atoms with Gasteiger partial charge in [-0.1, -0.05) is 12.1 Å². The zero-order valence-electron chi connectivity index (χ0n) is 8.50. The molecule has 0 saturated carbocycles. The van der Waals surface area contributed by atoms with Crippen LogP contribution in [0.5, 0.6) is 5.75 Å². The van der Waals surface area contributed by atoms with Gasteiger partial charge in [0.1, 0.15) is 5.75 Å². The standard InChI is InChI=1S/C11H13ClO2/c1-7-9(11(13)8(2)12)5-4-6-10(7)14-3/h4-6,8H,1-3H3. The van der Waals surface area contributed by atoms with Crippen LogP contribution in [0.2, 0.25) is 0 Å². The zero-order chi connectivity index (χ0) is 10.7. The molecule has 0 spiro atoms. The Morgan fingerprint density at radius 1 is 1.50 bits per heavy atom. The van der Waals surface area contributed by atoms with Crippen molar-refractivity contribution in [1.29, 1.82) is 0 Å². The summed E-state index contributed by atoms with van der Waals surface area (Å²) in [5.41, 5.74) is 1.47. The summed E-state index contributed by atoms with van der Waals surface area (Å²) in [4.78, 5) is 11.6. The summed E-state index contributed by atoms with van der Waals surface area (Å²) < 4.78 is 5.12. The fourth-order valence-corrected chi connectivity index (χ4v) is 1.43. The first-order valence-electron chi connectivity index (χ1n) is 4.39. The first-order valence-corrected chi connectivity index (χ1v) is 4.83. The predicted octanol–water partition coefficient (Wildman–Crippen LogP) is 2.81. The van der Waals surface area contributed by atoms with Gasteiger partial charge in [0.2, 0.25) is 0 Å². The topological polar surface area (TPSA) is 26.3 Å². The van der Waals surface area contributed by atoms with E-state index in [0.29, 0.717) is 11.3 Å². The van der Waals surface area contributed by atoms with Crippen molar-refractivity contribution in [2.24, 2.45) is 0 Å². The molecule has 1 atom stereocenters. The third kappa shape index (κ3) is 2.07. The number of benzene rings is 1. The lowest BCUT2D eigenvalue weighted by molar-refractivity contribution is 0.0991. The monoisotopic (exact) mass is 212 g/mol. The number of carbonyl (C=O) groups excluding carboxylic acids is 1. The maximum Gasteiger partial charge on any atom is 0.180 e. The quantitative estimate of drug-likeness (QED) is 0.569. The van der Waals surface area contributed by atoms with Gasteiger partial charge in [-0.2, -0.15) is 0 Å². The number of ether oxygens (including phenoxy) is 1. The largest absolute Gasteiger partial charge is 0.496 e. The van der Waals surface area contributed by atoms with Crippen LogP contribution < -0.4 is 4.74 Å². The predicted molar refractivity (Wildman–Crippen MR) is 57.4 cm³/mol. The lowest BCUT2D eigenvalue weighted by Gasteiger charge is -2.09.